The molecule has 0 spiro atoms. The number of carboxylic acids is 1. The Morgan fingerprint density at radius 2 is 2.00 bits per heavy atom. The minimum atomic E-state index is -0.804. The fraction of sp³-hybridized carbons (Fsp3) is 0.867. The third-order valence-corrected chi connectivity index (χ3v) is 4.22. The average molecular weight is 300 g/mol. The van der Waals surface area contributed by atoms with Gasteiger partial charge in [-0.1, -0.05) is 13.8 Å². The van der Waals surface area contributed by atoms with Crippen LogP contribution in [-0.2, 0) is 4.79 Å². The Morgan fingerprint density at radius 1 is 1.33 bits per heavy atom. The van der Waals surface area contributed by atoms with Gasteiger partial charge < -0.3 is 20.0 Å². The predicted molar refractivity (Wildman–Crippen MR) is 80.1 cm³/mol. The molecule has 122 valence electrons. The van der Waals surface area contributed by atoms with Gasteiger partial charge in [0.1, 0.15) is 0 Å². The van der Waals surface area contributed by atoms with Crippen LogP contribution in [0, 0.1) is 5.92 Å². The molecule has 1 aliphatic rings. The van der Waals surface area contributed by atoms with Crippen molar-refractivity contribution in [2.75, 3.05) is 26.2 Å². The number of piperidine rings is 1. The quantitative estimate of drug-likeness (QED) is 0.751. The molecule has 2 amide bonds. The maximum absolute atomic E-state index is 12.7. The molecule has 2 N–H and O–H groups in total. The smallest absolute Gasteiger partial charge is 0.320 e. The van der Waals surface area contributed by atoms with E-state index in [2.05, 4.69) is 0 Å². The number of urea groups is 1. The number of nitrogens with zero attached hydrogens (tertiary/aromatic N) is 2. The zero-order valence-corrected chi connectivity index (χ0v) is 13.1. The lowest BCUT2D eigenvalue weighted by atomic mass is 9.95. The monoisotopic (exact) mass is 300 g/mol. The summed E-state index contributed by atoms with van der Waals surface area (Å²) in [4.78, 5) is 27.0. The molecule has 0 aromatic heterocycles. The summed E-state index contributed by atoms with van der Waals surface area (Å²) >= 11 is 0. The Kier molecular flexibility index (Phi) is 7.50. The minimum absolute atomic E-state index is 0.0397. The van der Waals surface area contributed by atoms with Crippen LogP contribution < -0.4 is 0 Å². The molecule has 21 heavy (non-hydrogen) atoms. The van der Waals surface area contributed by atoms with E-state index in [9.17, 15) is 14.7 Å². The lowest BCUT2D eigenvalue weighted by Gasteiger charge is -2.38. The molecule has 0 aromatic carbocycles. The number of aliphatic hydroxyl groups is 1. The number of hydrogen-bond donors (Lipinski definition) is 2. The van der Waals surface area contributed by atoms with Crippen molar-refractivity contribution in [1.82, 2.24) is 9.80 Å². The van der Waals surface area contributed by atoms with E-state index in [1.165, 1.54) is 0 Å². The number of likely N-dealkylation sites (tertiary alicyclic amines) is 1. The van der Waals surface area contributed by atoms with E-state index in [0.717, 1.165) is 25.7 Å². The predicted octanol–water partition coefficient (Wildman–Crippen LogP) is 1.78. The molecule has 1 heterocycles. The maximum atomic E-state index is 12.7. The van der Waals surface area contributed by atoms with E-state index in [1.807, 2.05) is 13.8 Å². The van der Waals surface area contributed by atoms with Crippen molar-refractivity contribution in [3.8, 4) is 0 Å². The molecule has 0 radical (unpaired) electrons. The Labute approximate surface area is 126 Å². The Morgan fingerprint density at radius 3 is 2.52 bits per heavy atom. The topological polar surface area (TPSA) is 81.1 Å². The van der Waals surface area contributed by atoms with Crippen LogP contribution in [0.4, 0.5) is 4.79 Å². The molecule has 6 nitrogen and oxygen atoms in total. The molecule has 1 aliphatic heterocycles. The van der Waals surface area contributed by atoms with Crippen LogP contribution in [0.5, 0.6) is 0 Å². The summed E-state index contributed by atoms with van der Waals surface area (Å²) in [5, 5.41) is 18.1. The SMILES string of the molecule is CCC(CC)N(CCO)C(=O)N1CCCC(CC(=O)O)C1. The van der Waals surface area contributed by atoms with Crippen molar-refractivity contribution >= 4 is 12.0 Å². The Bertz CT molecular complexity index is 345. The zero-order chi connectivity index (χ0) is 15.8. The van der Waals surface area contributed by atoms with E-state index in [-0.39, 0.29) is 31.0 Å². The molecule has 1 saturated heterocycles. The van der Waals surface area contributed by atoms with E-state index >= 15 is 0 Å². The Hall–Kier alpha value is -1.30. The summed E-state index contributed by atoms with van der Waals surface area (Å²) < 4.78 is 0. The van der Waals surface area contributed by atoms with Crippen molar-refractivity contribution < 1.29 is 19.8 Å². The first-order valence-electron chi connectivity index (χ1n) is 7.91. The van der Waals surface area contributed by atoms with Gasteiger partial charge in [-0.3, -0.25) is 4.79 Å². The third kappa shape index (κ3) is 5.19. The van der Waals surface area contributed by atoms with Crippen molar-refractivity contribution in [3.63, 3.8) is 0 Å². The molecule has 0 aliphatic carbocycles. The summed E-state index contributed by atoms with van der Waals surface area (Å²) in [7, 11) is 0. The van der Waals surface area contributed by atoms with Crippen molar-refractivity contribution in [2.24, 2.45) is 5.92 Å². The number of hydrogen-bond acceptors (Lipinski definition) is 3. The Balaban J connectivity index is 2.71. The highest BCUT2D eigenvalue weighted by Crippen LogP contribution is 2.22. The summed E-state index contributed by atoms with van der Waals surface area (Å²) in [5.74, 6) is -0.764. The average Bonchev–Trinajstić information content (AvgIpc) is 2.46. The van der Waals surface area contributed by atoms with Crippen LogP contribution in [0.15, 0.2) is 0 Å². The summed E-state index contributed by atoms with van der Waals surface area (Å²) in [5.41, 5.74) is 0. The number of amides is 2. The first-order chi connectivity index (χ1) is 10.0. The molecule has 1 rings (SSSR count). The molecule has 6 heteroatoms. The van der Waals surface area contributed by atoms with Crippen LogP contribution in [0.2, 0.25) is 0 Å². The molecule has 1 unspecified atom stereocenters. The molecular formula is C15H28N2O4. The standard InChI is InChI=1S/C15H28N2O4/c1-3-13(4-2)17(8-9-18)15(21)16-7-5-6-12(11-16)10-14(19)20/h12-13,18H,3-11H2,1-2H3,(H,19,20). The second-order valence-electron chi connectivity index (χ2n) is 5.72. The molecular weight excluding hydrogens is 272 g/mol. The normalized spacial score (nSPS) is 18.9. The van der Waals surface area contributed by atoms with Gasteiger partial charge in [-0.15, -0.1) is 0 Å². The van der Waals surface area contributed by atoms with Crippen LogP contribution in [-0.4, -0.2) is 64.3 Å². The van der Waals surface area contributed by atoms with Gasteiger partial charge in [-0.25, -0.2) is 4.79 Å². The number of aliphatic carboxylic acids is 1. The fourth-order valence-electron chi connectivity index (χ4n) is 3.11. The summed E-state index contributed by atoms with van der Waals surface area (Å²) in [6.07, 6.45) is 3.54. The molecule has 0 aromatic rings. The van der Waals surface area contributed by atoms with Crippen molar-refractivity contribution in [2.45, 2.75) is 52.0 Å². The number of carbonyl (C=O) groups is 2. The lowest BCUT2D eigenvalue weighted by molar-refractivity contribution is -0.138. The second kappa shape index (κ2) is 8.87. The number of carboxylic acid groups (broad SMARTS) is 1. The van der Waals surface area contributed by atoms with Crippen LogP contribution >= 0.6 is 0 Å². The molecule has 1 fully saturated rings. The van der Waals surface area contributed by atoms with Crippen molar-refractivity contribution in [1.29, 1.82) is 0 Å². The molecule has 0 bridgehead atoms. The minimum Gasteiger partial charge on any atom is -0.481 e. The van der Waals surface area contributed by atoms with Gasteiger partial charge in [0.15, 0.2) is 0 Å². The highest BCUT2D eigenvalue weighted by molar-refractivity contribution is 5.75. The third-order valence-electron chi connectivity index (χ3n) is 4.22. The van der Waals surface area contributed by atoms with Crippen molar-refractivity contribution in [3.05, 3.63) is 0 Å². The highest BCUT2D eigenvalue weighted by atomic mass is 16.4. The van der Waals surface area contributed by atoms with Gasteiger partial charge in [0.25, 0.3) is 0 Å². The van der Waals surface area contributed by atoms with E-state index in [0.29, 0.717) is 19.6 Å². The van der Waals surface area contributed by atoms with E-state index in [4.69, 9.17) is 5.11 Å². The number of aliphatic hydroxyl groups excluding tert-OH is 1. The number of rotatable bonds is 7. The lowest BCUT2D eigenvalue weighted by Crippen LogP contribution is -2.52. The highest BCUT2D eigenvalue weighted by Gasteiger charge is 2.30. The zero-order valence-electron chi connectivity index (χ0n) is 13.1. The number of carbonyl (C=O) groups excluding carboxylic acids is 1. The van der Waals surface area contributed by atoms with Gasteiger partial charge in [-0.05, 0) is 31.6 Å². The summed E-state index contributed by atoms with van der Waals surface area (Å²) in [6, 6.07) is 0.0670. The van der Waals surface area contributed by atoms with Gasteiger partial charge in [0.2, 0.25) is 0 Å². The van der Waals surface area contributed by atoms with Crippen LogP contribution in [0.3, 0.4) is 0 Å². The first kappa shape index (κ1) is 17.8. The van der Waals surface area contributed by atoms with Gasteiger partial charge in [-0.2, -0.15) is 0 Å². The van der Waals surface area contributed by atoms with Gasteiger partial charge >= 0.3 is 12.0 Å². The van der Waals surface area contributed by atoms with E-state index in [1.54, 1.807) is 9.80 Å². The summed E-state index contributed by atoms with van der Waals surface area (Å²) in [6.45, 7) is 5.55. The molecule has 1 atom stereocenters. The van der Waals surface area contributed by atoms with Gasteiger partial charge in [0, 0.05) is 32.1 Å². The van der Waals surface area contributed by atoms with Gasteiger partial charge in [0.05, 0.1) is 6.61 Å². The fourth-order valence-corrected chi connectivity index (χ4v) is 3.11. The molecule has 0 saturated carbocycles. The van der Waals surface area contributed by atoms with Crippen LogP contribution in [0.25, 0.3) is 0 Å². The second-order valence-corrected chi connectivity index (χ2v) is 5.72. The largest absolute Gasteiger partial charge is 0.481 e. The first-order valence-corrected chi connectivity index (χ1v) is 7.91. The van der Waals surface area contributed by atoms with E-state index < -0.39 is 5.97 Å². The van der Waals surface area contributed by atoms with Crippen LogP contribution in [0.1, 0.15) is 46.0 Å². The maximum Gasteiger partial charge on any atom is 0.320 e.